The highest BCUT2D eigenvalue weighted by atomic mass is 79.9. The smallest absolute Gasteiger partial charge is 0.252 e. The molecular weight excluding hydrogens is 322 g/mol. The van der Waals surface area contributed by atoms with Crippen molar-refractivity contribution in [1.29, 1.82) is 0 Å². The van der Waals surface area contributed by atoms with Crippen LogP contribution in [0.1, 0.15) is 43.5 Å². The quantitative estimate of drug-likeness (QED) is 0.772. The third kappa shape index (κ3) is 3.76. The molecule has 1 aliphatic carbocycles. The van der Waals surface area contributed by atoms with Crippen molar-refractivity contribution in [1.82, 2.24) is 5.32 Å². The van der Waals surface area contributed by atoms with Gasteiger partial charge >= 0.3 is 0 Å². The second-order valence-electron chi connectivity index (χ2n) is 5.60. The van der Waals surface area contributed by atoms with Crippen LogP contribution in [0.25, 0.3) is 0 Å². The van der Waals surface area contributed by atoms with Crippen molar-refractivity contribution in [3.63, 3.8) is 0 Å². The molecular formula is C15H20BrNOS. The van der Waals surface area contributed by atoms with Crippen LogP contribution in [-0.4, -0.2) is 11.9 Å². The lowest BCUT2D eigenvalue weighted by Gasteiger charge is -2.32. The summed E-state index contributed by atoms with van der Waals surface area (Å²) < 4.78 is 0.939. The maximum Gasteiger partial charge on any atom is 0.252 e. The van der Waals surface area contributed by atoms with E-state index in [1.807, 2.05) is 18.2 Å². The van der Waals surface area contributed by atoms with E-state index in [2.05, 4.69) is 47.7 Å². The third-order valence-electron chi connectivity index (χ3n) is 4.14. The zero-order valence-electron chi connectivity index (χ0n) is 11.3. The van der Waals surface area contributed by atoms with E-state index >= 15 is 0 Å². The molecule has 0 bridgehead atoms. The average Bonchev–Trinajstić information content (AvgIpc) is 2.33. The number of carbonyl (C=O) groups is 1. The van der Waals surface area contributed by atoms with Gasteiger partial charge in [-0.25, -0.2) is 0 Å². The molecule has 2 rings (SSSR count). The van der Waals surface area contributed by atoms with E-state index in [-0.39, 0.29) is 5.91 Å². The van der Waals surface area contributed by atoms with E-state index < -0.39 is 0 Å². The van der Waals surface area contributed by atoms with E-state index in [1.54, 1.807) is 0 Å². The van der Waals surface area contributed by atoms with Crippen molar-refractivity contribution in [2.75, 3.05) is 0 Å². The summed E-state index contributed by atoms with van der Waals surface area (Å²) in [4.78, 5) is 13.0. The molecule has 1 aromatic rings. The van der Waals surface area contributed by atoms with Crippen molar-refractivity contribution in [3.8, 4) is 0 Å². The molecule has 3 unspecified atom stereocenters. The molecule has 0 aliphatic heterocycles. The van der Waals surface area contributed by atoms with Crippen LogP contribution in [0.3, 0.4) is 0 Å². The summed E-state index contributed by atoms with van der Waals surface area (Å²) >= 11 is 7.74. The summed E-state index contributed by atoms with van der Waals surface area (Å²) in [6.07, 6.45) is 3.35. The number of rotatable bonds is 2. The first-order valence-electron chi connectivity index (χ1n) is 6.76. The lowest BCUT2D eigenvalue weighted by molar-refractivity contribution is 0.0907. The first kappa shape index (κ1) is 14.9. The number of benzene rings is 1. The molecule has 0 radical (unpaired) electrons. The molecule has 1 aliphatic rings. The Morgan fingerprint density at radius 3 is 2.68 bits per heavy atom. The SMILES string of the molecule is CC1CCC(NC(=O)c2ccc(Br)cc2S)CC1C. The molecule has 19 heavy (non-hydrogen) atoms. The monoisotopic (exact) mass is 341 g/mol. The number of nitrogens with one attached hydrogen (secondary N) is 1. The van der Waals surface area contributed by atoms with Crippen molar-refractivity contribution < 1.29 is 4.79 Å². The van der Waals surface area contributed by atoms with Gasteiger partial charge in [-0.3, -0.25) is 4.79 Å². The number of hydrogen-bond donors (Lipinski definition) is 2. The molecule has 0 heterocycles. The summed E-state index contributed by atoms with van der Waals surface area (Å²) in [5.41, 5.74) is 0.651. The molecule has 0 aromatic heterocycles. The van der Waals surface area contributed by atoms with E-state index in [1.165, 1.54) is 6.42 Å². The third-order valence-corrected chi connectivity index (χ3v) is 5.00. The molecule has 2 nitrogen and oxygen atoms in total. The van der Waals surface area contributed by atoms with E-state index in [0.717, 1.165) is 23.2 Å². The standard InChI is InChI=1S/C15H20BrNOS/c1-9-3-5-12(7-10(9)2)17-15(18)13-6-4-11(16)8-14(13)19/h4,6,8-10,12,19H,3,5,7H2,1-2H3,(H,17,18). The normalized spacial score (nSPS) is 27.1. The van der Waals surface area contributed by atoms with Gasteiger partial charge in [-0.15, -0.1) is 12.6 Å². The molecule has 1 N–H and O–H groups in total. The lowest BCUT2D eigenvalue weighted by atomic mass is 9.79. The van der Waals surface area contributed by atoms with Crippen molar-refractivity contribution >= 4 is 34.5 Å². The molecule has 0 saturated heterocycles. The maximum absolute atomic E-state index is 12.3. The molecule has 4 heteroatoms. The van der Waals surface area contributed by atoms with Gasteiger partial charge in [-0.05, 0) is 49.3 Å². The summed E-state index contributed by atoms with van der Waals surface area (Å²) in [5.74, 6) is 1.44. The average molecular weight is 342 g/mol. The molecule has 3 atom stereocenters. The van der Waals surface area contributed by atoms with Gasteiger partial charge in [0.05, 0.1) is 5.56 Å². The molecule has 0 spiro atoms. The Morgan fingerprint density at radius 1 is 1.32 bits per heavy atom. The van der Waals surface area contributed by atoms with Crippen LogP contribution in [0, 0.1) is 11.8 Å². The van der Waals surface area contributed by atoms with Crippen LogP contribution < -0.4 is 5.32 Å². The fourth-order valence-corrected chi connectivity index (χ4v) is 3.49. The highest BCUT2D eigenvalue weighted by molar-refractivity contribution is 9.10. The van der Waals surface area contributed by atoms with Crippen LogP contribution >= 0.6 is 28.6 Å². The largest absolute Gasteiger partial charge is 0.349 e. The second-order valence-corrected chi connectivity index (χ2v) is 7.00. The molecule has 1 fully saturated rings. The Bertz CT molecular complexity index is 477. The summed E-state index contributed by atoms with van der Waals surface area (Å²) in [6.45, 7) is 4.57. The first-order valence-corrected chi connectivity index (χ1v) is 8.00. The zero-order chi connectivity index (χ0) is 14.0. The number of thiol groups is 1. The number of carbonyl (C=O) groups excluding carboxylic acids is 1. The minimum absolute atomic E-state index is 0.00995. The number of halogens is 1. The van der Waals surface area contributed by atoms with Gasteiger partial charge in [-0.1, -0.05) is 29.8 Å². The Kier molecular flexibility index (Phi) is 4.96. The van der Waals surface area contributed by atoms with Crippen molar-refractivity contribution in [2.45, 2.75) is 44.0 Å². The van der Waals surface area contributed by atoms with Crippen LogP contribution in [-0.2, 0) is 0 Å². The van der Waals surface area contributed by atoms with Gasteiger partial charge < -0.3 is 5.32 Å². The predicted molar refractivity (Wildman–Crippen MR) is 84.8 cm³/mol. The van der Waals surface area contributed by atoms with Crippen LogP contribution in [0.15, 0.2) is 27.6 Å². The summed E-state index contributed by atoms with van der Waals surface area (Å²) in [7, 11) is 0. The van der Waals surface area contributed by atoms with Crippen LogP contribution in [0.4, 0.5) is 0 Å². The van der Waals surface area contributed by atoms with Gasteiger partial charge in [0.2, 0.25) is 0 Å². The molecule has 1 saturated carbocycles. The van der Waals surface area contributed by atoms with Crippen molar-refractivity contribution in [2.24, 2.45) is 11.8 Å². The maximum atomic E-state index is 12.3. The van der Waals surface area contributed by atoms with E-state index in [0.29, 0.717) is 22.4 Å². The Labute approximate surface area is 128 Å². The Balaban J connectivity index is 2.01. The lowest BCUT2D eigenvalue weighted by Crippen LogP contribution is -2.39. The summed E-state index contributed by atoms with van der Waals surface area (Å²) in [6, 6.07) is 5.84. The highest BCUT2D eigenvalue weighted by Gasteiger charge is 2.26. The van der Waals surface area contributed by atoms with E-state index in [9.17, 15) is 4.79 Å². The first-order chi connectivity index (χ1) is 8.97. The number of hydrogen-bond acceptors (Lipinski definition) is 2. The predicted octanol–water partition coefficient (Wildman–Crippen LogP) is 4.29. The van der Waals surface area contributed by atoms with Crippen LogP contribution in [0.2, 0.25) is 0 Å². The molecule has 1 amide bonds. The van der Waals surface area contributed by atoms with Crippen molar-refractivity contribution in [3.05, 3.63) is 28.2 Å². The second kappa shape index (κ2) is 6.31. The fourth-order valence-electron chi connectivity index (χ4n) is 2.64. The van der Waals surface area contributed by atoms with Crippen LogP contribution in [0.5, 0.6) is 0 Å². The highest BCUT2D eigenvalue weighted by Crippen LogP contribution is 2.29. The van der Waals surface area contributed by atoms with Gasteiger partial charge in [0, 0.05) is 15.4 Å². The molecule has 104 valence electrons. The van der Waals surface area contributed by atoms with E-state index in [4.69, 9.17) is 0 Å². The Morgan fingerprint density at radius 2 is 2.05 bits per heavy atom. The Hall–Kier alpha value is -0.480. The molecule has 1 aromatic carbocycles. The number of amides is 1. The topological polar surface area (TPSA) is 29.1 Å². The minimum Gasteiger partial charge on any atom is -0.349 e. The van der Waals surface area contributed by atoms with Gasteiger partial charge in [0.25, 0.3) is 5.91 Å². The minimum atomic E-state index is -0.00995. The zero-order valence-corrected chi connectivity index (χ0v) is 13.8. The fraction of sp³-hybridized carbons (Fsp3) is 0.533. The van der Waals surface area contributed by atoms with Gasteiger partial charge in [0.1, 0.15) is 0 Å². The summed E-state index contributed by atoms with van der Waals surface area (Å²) in [5, 5.41) is 3.14. The van der Waals surface area contributed by atoms with Gasteiger partial charge in [0.15, 0.2) is 0 Å². The van der Waals surface area contributed by atoms with Gasteiger partial charge in [-0.2, -0.15) is 0 Å².